The van der Waals surface area contributed by atoms with Crippen molar-refractivity contribution in [1.29, 1.82) is 0 Å². The van der Waals surface area contributed by atoms with E-state index in [2.05, 4.69) is 19.9 Å². The van der Waals surface area contributed by atoms with Crippen LogP contribution >= 0.6 is 0 Å². The van der Waals surface area contributed by atoms with Crippen molar-refractivity contribution in [3.8, 4) is 6.01 Å². The number of hydrogen-bond donors (Lipinski definition) is 0. The zero-order chi connectivity index (χ0) is 17.3. The Bertz CT molecular complexity index is 764. The van der Waals surface area contributed by atoms with Crippen molar-refractivity contribution >= 4 is 5.91 Å². The molecule has 4 rings (SSSR count). The minimum Gasteiger partial charge on any atom is -0.460 e. The number of rotatable bonds is 3. The average Bonchev–Trinajstić information content (AvgIpc) is 2.60. The predicted octanol–water partition coefficient (Wildman–Crippen LogP) is 1.03. The van der Waals surface area contributed by atoms with Gasteiger partial charge in [0.15, 0.2) is 0 Å². The second-order valence-electron chi connectivity index (χ2n) is 6.50. The van der Waals surface area contributed by atoms with Gasteiger partial charge in [0.2, 0.25) is 0 Å². The number of amides is 1. The minimum absolute atomic E-state index is 0.00754. The van der Waals surface area contributed by atoms with E-state index in [1.165, 1.54) is 6.33 Å². The average molecular weight is 341 g/mol. The molecule has 0 bridgehead atoms. The Morgan fingerprint density at radius 2 is 2.20 bits per heavy atom. The van der Waals surface area contributed by atoms with Gasteiger partial charge in [0, 0.05) is 30.9 Å². The fraction of sp³-hybridized carbons (Fsp3) is 0.471. The number of ether oxygens (including phenoxy) is 2. The van der Waals surface area contributed by atoms with Gasteiger partial charge in [-0.2, -0.15) is 0 Å². The summed E-state index contributed by atoms with van der Waals surface area (Å²) in [5, 5.41) is 0. The highest BCUT2D eigenvalue weighted by Gasteiger charge is 2.50. The van der Waals surface area contributed by atoms with Gasteiger partial charge in [0.25, 0.3) is 5.91 Å². The Hall–Kier alpha value is -2.61. The summed E-state index contributed by atoms with van der Waals surface area (Å²) in [7, 11) is 0. The third kappa shape index (κ3) is 3.30. The van der Waals surface area contributed by atoms with Gasteiger partial charge in [0.05, 0.1) is 19.7 Å². The lowest BCUT2D eigenvalue weighted by molar-refractivity contribution is -0.174. The molecule has 4 heterocycles. The molecule has 25 heavy (non-hydrogen) atoms. The molecule has 0 radical (unpaired) electrons. The summed E-state index contributed by atoms with van der Waals surface area (Å²) < 4.78 is 11.9. The second kappa shape index (κ2) is 6.36. The molecule has 8 heteroatoms. The molecule has 1 atom stereocenters. The summed E-state index contributed by atoms with van der Waals surface area (Å²) in [6.07, 6.45) is 6.14. The van der Waals surface area contributed by atoms with Crippen LogP contribution in [-0.4, -0.2) is 62.1 Å². The smallest absolute Gasteiger partial charge is 0.316 e. The van der Waals surface area contributed by atoms with Crippen LogP contribution in [0.2, 0.25) is 0 Å². The molecule has 0 unspecified atom stereocenters. The van der Waals surface area contributed by atoms with Gasteiger partial charge in [-0.1, -0.05) is 0 Å². The van der Waals surface area contributed by atoms with Gasteiger partial charge in [-0.3, -0.25) is 4.79 Å². The highest BCUT2D eigenvalue weighted by molar-refractivity contribution is 5.92. The maximum atomic E-state index is 12.4. The molecule has 2 fully saturated rings. The van der Waals surface area contributed by atoms with Gasteiger partial charge >= 0.3 is 6.01 Å². The molecule has 8 nitrogen and oxygen atoms in total. The number of aryl methyl sites for hydroxylation is 1. The molecule has 2 aliphatic heterocycles. The number of aromatic nitrogens is 4. The van der Waals surface area contributed by atoms with E-state index in [-0.39, 0.29) is 17.6 Å². The van der Waals surface area contributed by atoms with Gasteiger partial charge in [-0.15, -0.1) is 0 Å². The van der Waals surface area contributed by atoms with E-state index in [9.17, 15) is 4.79 Å². The van der Waals surface area contributed by atoms with E-state index in [4.69, 9.17) is 9.47 Å². The van der Waals surface area contributed by atoms with Crippen LogP contribution in [0.5, 0.6) is 6.01 Å². The standard InChI is InChI=1S/C17H19N5O3/c1-12-2-6-19-16(21-12)25-13-4-7-24-17(8-13)9-22(10-17)15(23)14-3-5-18-11-20-14/h2-3,5-6,11,13H,4,7-10H2,1H3/t13-/m0/s1. The molecule has 2 aliphatic rings. The number of carbonyl (C=O) groups is 1. The lowest BCUT2D eigenvalue weighted by atomic mass is 9.84. The first-order valence-corrected chi connectivity index (χ1v) is 8.29. The molecule has 2 aromatic heterocycles. The Kier molecular flexibility index (Phi) is 4.04. The highest BCUT2D eigenvalue weighted by atomic mass is 16.5. The quantitative estimate of drug-likeness (QED) is 0.823. The van der Waals surface area contributed by atoms with Crippen LogP contribution in [0, 0.1) is 6.92 Å². The molecule has 0 aromatic carbocycles. The number of likely N-dealkylation sites (tertiary alicyclic amines) is 1. The highest BCUT2D eigenvalue weighted by Crippen LogP contribution is 2.35. The fourth-order valence-electron chi connectivity index (χ4n) is 3.31. The maximum absolute atomic E-state index is 12.4. The first-order valence-electron chi connectivity index (χ1n) is 8.29. The monoisotopic (exact) mass is 341 g/mol. The van der Waals surface area contributed by atoms with Crippen molar-refractivity contribution in [2.45, 2.75) is 31.5 Å². The number of nitrogens with zero attached hydrogens (tertiary/aromatic N) is 5. The first-order chi connectivity index (χ1) is 12.1. The molecule has 130 valence electrons. The Morgan fingerprint density at radius 1 is 1.32 bits per heavy atom. The lowest BCUT2D eigenvalue weighted by Gasteiger charge is -2.52. The van der Waals surface area contributed by atoms with E-state index < -0.39 is 0 Å². The first kappa shape index (κ1) is 15.9. The van der Waals surface area contributed by atoms with Gasteiger partial charge in [-0.05, 0) is 19.1 Å². The Morgan fingerprint density at radius 3 is 2.96 bits per heavy atom. The molecule has 2 saturated heterocycles. The van der Waals surface area contributed by atoms with Crippen LogP contribution in [0.1, 0.15) is 29.0 Å². The SMILES string of the molecule is Cc1ccnc(O[C@H]2CCOC3(C2)CN(C(=O)c2ccncn2)C3)n1. The van der Waals surface area contributed by atoms with Gasteiger partial charge < -0.3 is 14.4 Å². The van der Waals surface area contributed by atoms with E-state index in [0.29, 0.717) is 31.4 Å². The van der Waals surface area contributed by atoms with E-state index in [0.717, 1.165) is 18.5 Å². The number of carbonyl (C=O) groups excluding carboxylic acids is 1. The topological polar surface area (TPSA) is 90.3 Å². The van der Waals surface area contributed by atoms with Crippen molar-refractivity contribution in [2.24, 2.45) is 0 Å². The zero-order valence-electron chi connectivity index (χ0n) is 14.0. The fourth-order valence-corrected chi connectivity index (χ4v) is 3.31. The van der Waals surface area contributed by atoms with E-state index in [1.807, 2.05) is 13.0 Å². The zero-order valence-corrected chi connectivity index (χ0v) is 14.0. The summed E-state index contributed by atoms with van der Waals surface area (Å²) in [6, 6.07) is 3.85. The largest absolute Gasteiger partial charge is 0.460 e. The summed E-state index contributed by atoms with van der Waals surface area (Å²) in [6.45, 7) is 3.60. The Balaban J connectivity index is 1.37. The summed E-state index contributed by atoms with van der Waals surface area (Å²) in [5.74, 6) is -0.0957. The molecule has 2 aromatic rings. The third-order valence-corrected chi connectivity index (χ3v) is 4.54. The summed E-state index contributed by atoms with van der Waals surface area (Å²) in [4.78, 5) is 30.4. The van der Waals surface area contributed by atoms with Gasteiger partial charge in [-0.25, -0.2) is 19.9 Å². The third-order valence-electron chi connectivity index (χ3n) is 4.54. The lowest BCUT2D eigenvalue weighted by Crippen LogP contribution is -2.67. The molecule has 1 spiro atoms. The molecule has 0 saturated carbocycles. The molecule has 0 N–H and O–H groups in total. The molecule has 1 amide bonds. The summed E-state index contributed by atoms with van der Waals surface area (Å²) >= 11 is 0. The Labute approximate surface area is 145 Å². The van der Waals surface area contributed by atoms with E-state index >= 15 is 0 Å². The van der Waals surface area contributed by atoms with Crippen LogP contribution in [0.15, 0.2) is 30.9 Å². The van der Waals surface area contributed by atoms with Crippen molar-refractivity contribution in [3.63, 3.8) is 0 Å². The van der Waals surface area contributed by atoms with Crippen LogP contribution in [0.4, 0.5) is 0 Å². The van der Waals surface area contributed by atoms with Crippen molar-refractivity contribution < 1.29 is 14.3 Å². The minimum atomic E-state index is -0.338. The van der Waals surface area contributed by atoms with Gasteiger partial charge in [0.1, 0.15) is 23.7 Å². The van der Waals surface area contributed by atoms with E-state index in [1.54, 1.807) is 23.4 Å². The van der Waals surface area contributed by atoms with Crippen molar-refractivity contribution in [3.05, 3.63) is 42.2 Å². The second-order valence-corrected chi connectivity index (χ2v) is 6.50. The van der Waals surface area contributed by atoms with Crippen LogP contribution in [-0.2, 0) is 4.74 Å². The molecular weight excluding hydrogens is 322 g/mol. The van der Waals surface area contributed by atoms with Crippen LogP contribution in [0.3, 0.4) is 0 Å². The van der Waals surface area contributed by atoms with Crippen LogP contribution in [0.25, 0.3) is 0 Å². The number of hydrogen-bond acceptors (Lipinski definition) is 7. The van der Waals surface area contributed by atoms with Crippen LogP contribution < -0.4 is 4.74 Å². The van der Waals surface area contributed by atoms with Crippen molar-refractivity contribution in [1.82, 2.24) is 24.8 Å². The maximum Gasteiger partial charge on any atom is 0.316 e. The van der Waals surface area contributed by atoms with Crippen molar-refractivity contribution in [2.75, 3.05) is 19.7 Å². The molecular formula is C17H19N5O3. The normalized spacial score (nSPS) is 21.6. The predicted molar refractivity (Wildman–Crippen MR) is 87.0 cm³/mol. The summed E-state index contributed by atoms with van der Waals surface area (Å²) in [5.41, 5.74) is 0.939. The molecule has 0 aliphatic carbocycles.